The van der Waals surface area contributed by atoms with Crippen LogP contribution in [0.15, 0.2) is 24.4 Å². The minimum Gasteiger partial charge on any atom is -0.352 e. The quantitative estimate of drug-likeness (QED) is 0.623. The maximum absolute atomic E-state index is 14.8. The van der Waals surface area contributed by atoms with Crippen LogP contribution in [0.5, 0.6) is 0 Å². The summed E-state index contributed by atoms with van der Waals surface area (Å²) in [7, 11) is 0. The monoisotopic (exact) mass is 456 g/mol. The molecule has 1 saturated heterocycles. The molecule has 7 nitrogen and oxygen atoms in total. The lowest BCUT2D eigenvalue weighted by atomic mass is 9.94. The number of nitrogens with zero attached hydrogens (tertiary/aromatic N) is 5. The number of halogens is 2. The van der Waals surface area contributed by atoms with E-state index in [9.17, 15) is 13.6 Å². The maximum atomic E-state index is 14.8. The molecule has 33 heavy (non-hydrogen) atoms. The molecular weight excluding hydrogens is 426 g/mol. The number of amides is 1. The average molecular weight is 457 g/mol. The number of aromatic nitrogens is 4. The molecule has 2 aromatic heterocycles. The number of piperidine rings is 1. The van der Waals surface area contributed by atoms with E-state index in [1.165, 1.54) is 12.1 Å². The molecule has 0 unspecified atom stereocenters. The van der Waals surface area contributed by atoms with Crippen molar-refractivity contribution in [1.29, 1.82) is 0 Å². The average Bonchev–Trinajstić information content (AvgIpc) is 3.18. The van der Waals surface area contributed by atoms with Gasteiger partial charge in [-0.2, -0.15) is 0 Å². The van der Waals surface area contributed by atoms with Crippen LogP contribution in [-0.2, 0) is 0 Å². The van der Waals surface area contributed by atoms with Crippen molar-refractivity contribution < 1.29 is 13.6 Å². The topological polar surface area (TPSA) is 75.9 Å². The molecule has 9 heteroatoms. The molecule has 1 aliphatic rings. The van der Waals surface area contributed by atoms with Gasteiger partial charge in [-0.25, -0.2) is 13.5 Å². The zero-order valence-corrected chi connectivity index (χ0v) is 19.5. The van der Waals surface area contributed by atoms with E-state index in [-0.39, 0.29) is 28.3 Å². The predicted molar refractivity (Wildman–Crippen MR) is 123 cm³/mol. The van der Waals surface area contributed by atoms with Crippen molar-refractivity contribution in [2.24, 2.45) is 5.41 Å². The van der Waals surface area contributed by atoms with Gasteiger partial charge in [0.1, 0.15) is 11.0 Å². The maximum Gasteiger partial charge on any atom is 0.254 e. The van der Waals surface area contributed by atoms with Crippen molar-refractivity contribution >= 4 is 16.9 Å². The first-order valence-electron chi connectivity index (χ1n) is 11.4. The Balaban J connectivity index is 1.56. The van der Waals surface area contributed by atoms with Crippen molar-refractivity contribution in [3.05, 3.63) is 41.6 Å². The van der Waals surface area contributed by atoms with E-state index < -0.39 is 17.5 Å². The highest BCUT2D eigenvalue weighted by molar-refractivity contribution is 5.95. The van der Waals surface area contributed by atoms with Crippen LogP contribution in [0.3, 0.4) is 0 Å². The second kappa shape index (κ2) is 9.13. The van der Waals surface area contributed by atoms with Gasteiger partial charge in [0.15, 0.2) is 11.6 Å². The van der Waals surface area contributed by atoms with E-state index in [4.69, 9.17) is 0 Å². The third-order valence-electron chi connectivity index (χ3n) is 5.90. The number of likely N-dealkylation sites (tertiary alicyclic amines) is 1. The summed E-state index contributed by atoms with van der Waals surface area (Å²) in [6.45, 7) is 11.8. The summed E-state index contributed by atoms with van der Waals surface area (Å²) in [6, 6.07) is 4.47. The molecule has 0 saturated carbocycles. The molecular formula is C24H30F2N6O. The van der Waals surface area contributed by atoms with Gasteiger partial charge in [0, 0.05) is 31.7 Å². The third kappa shape index (κ3) is 4.88. The normalized spacial score (nSPS) is 15.8. The standard InChI is InChI=1S/C24H30F2N6O/c1-5-27-23(33)17-7-6-16(21(25)22(17)26)18-12-19-20(13-28-18)32(30-29-19)15-8-10-31(11-9-15)14-24(2,3)4/h6-7,12-13,15H,5,8-11,14H2,1-4H3,(H,27,33). The van der Waals surface area contributed by atoms with Gasteiger partial charge in [-0.05, 0) is 43.4 Å². The molecule has 0 atom stereocenters. The number of hydrogen-bond donors (Lipinski definition) is 1. The summed E-state index contributed by atoms with van der Waals surface area (Å²) >= 11 is 0. The van der Waals surface area contributed by atoms with Crippen LogP contribution in [0.4, 0.5) is 8.78 Å². The van der Waals surface area contributed by atoms with E-state index in [2.05, 4.69) is 46.3 Å². The van der Waals surface area contributed by atoms with E-state index in [0.29, 0.717) is 12.1 Å². The van der Waals surface area contributed by atoms with Gasteiger partial charge in [-0.1, -0.05) is 26.0 Å². The smallest absolute Gasteiger partial charge is 0.254 e. The number of benzene rings is 1. The first-order chi connectivity index (χ1) is 15.7. The molecule has 4 rings (SSSR count). The highest BCUT2D eigenvalue weighted by atomic mass is 19.2. The number of hydrogen-bond acceptors (Lipinski definition) is 5. The summed E-state index contributed by atoms with van der Waals surface area (Å²) in [4.78, 5) is 18.8. The second-order valence-corrected chi connectivity index (χ2v) is 9.81. The Morgan fingerprint density at radius 3 is 2.58 bits per heavy atom. The number of rotatable bonds is 5. The number of fused-ring (bicyclic) bond motifs is 1. The molecule has 176 valence electrons. The van der Waals surface area contributed by atoms with E-state index in [1.807, 2.05) is 4.68 Å². The molecule has 1 amide bonds. The lowest BCUT2D eigenvalue weighted by molar-refractivity contribution is 0.0951. The van der Waals surface area contributed by atoms with Crippen LogP contribution in [0, 0.1) is 17.0 Å². The van der Waals surface area contributed by atoms with Crippen LogP contribution in [-0.4, -0.2) is 57.0 Å². The highest BCUT2D eigenvalue weighted by Gasteiger charge is 2.26. The SMILES string of the molecule is CCNC(=O)c1ccc(-c2cc3nnn(C4CCN(CC(C)(C)C)CC4)c3cn2)c(F)c1F. The van der Waals surface area contributed by atoms with E-state index in [0.717, 1.165) is 38.0 Å². The number of pyridine rings is 1. The van der Waals surface area contributed by atoms with Crippen LogP contribution in [0.25, 0.3) is 22.3 Å². The van der Waals surface area contributed by atoms with Crippen molar-refractivity contribution in [3.8, 4) is 11.3 Å². The first kappa shape index (κ1) is 23.2. The number of nitrogens with one attached hydrogen (secondary N) is 1. The van der Waals surface area contributed by atoms with Gasteiger partial charge in [-0.3, -0.25) is 9.78 Å². The van der Waals surface area contributed by atoms with E-state index >= 15 is 0 Å². The fourth-order valence-corrected chi connectivity index (χ4v) is 4.43. The molecule has 3 heterocycles. The molecule has 0 bridgehead atoms. The zero-order chi connectivity index (χ0) is 23.8. The molecule has 1 aliphatic heterocycles. The Bertz CT molecular complexity index is 1160. The third-order valence-corrected chi connectivity index (χ3v) is 5.90. The molecule has 1 N–H and O–H groups in total. The number of carbonyl (C=O) groups is 1. The lowest BCUT2D eigenvalue weighted by Gasteiger charge is -2.35. The fraction of sp³-hybridized carbons (Fsp3) is 0.500. The highest BCUT2D eigenvalue weighted by Crippen LogP contribution is 2.30. The largest absolute Gasteiger partial charge is 0.352 e. The number of carbonyl (C=O) groups excluding carboxylic acids is 1. The van der Waals surface area contributed by atoms with Crippen LogP contribution < -0.4 is 5.32 Å². The molecule has 0 spiro atoms. The Morgan fingerprint density at radius 1 is 1.18 bits per heavy atom. The van der Waals surface area contributed by atoms with Crippen LogP contribution >= 0.6 is 0 Å². The Morgan fingerprint density at radius 2 is 1.91 bits per heavy atom. The van der Waals surface area contributed by atoms with Crippen molar-refractivity contribution in [2.45, 2.75) is 46.6 Å². The molecule has 0 aliphatic carbocycles. The van der Waals surface area contributed by atoms with Crippen molar-refractivity contribution in [2.75, 3.05) is 26.2 Å². The van der Waals surface area contributed by atoms with Gasteiger partial charge in [0.25, 0.3) is 5.91 Å². The summed E-state index contributed by atoms with van der Waals surface area (Å²) in [5.41, 5.74) is 1.50. The van der Waals surface area contributed by atoms with Gasteiger partial charge in [0.2, 0.25) is 0 Å². The predicted octanol–water partition coefficient (Wildman–Crippen LogP) is 4.20. The van der Waals surface area contributed by atoms with Gasteiger partial charge in [-0.15, -0.1) is 5.10 Å². The summed E-state index contributed by atoms with van der Waals surface area (Å²) < 4.78 is 31.2. The molecule has 1 fully saturated rings. The lowest BCUT2D eigenvalue weighted by Crippen LogP contribution is -2.39. The first-order valence-corrected chi connectivity index (χ1v) is 11.4. The Labute approximate surface area is 192 Å². The van der Waals surface area contributed by atoms with Gasteiger partial charge in [0.05, 0.1) is 23.5 Å². The summed E-state index contributed by atoms with van der Waals surface area (Å²) in [6.07, 6.45) is 3.55. The van der Waals surface area contributed by atoms with Gasteiger partial charge < -0.3 is 10.2 Å². The zero-order valence-electron chi connectivity index (χ0n) is 19.5. The fourth-order valence-electron chi connectivity index (χ4n) is 4.43. The molecule has 0 radical (unpaired) electrons. The summed E-state index contributed by atoms with van der Waals surface area (Å²) in [5, 5.41) is 11.1. The van der Waals surface area contributed by atoms with Crippen molar-refractivity contribution in [1.82, 2.24) is 30.2 Å². The van der Waals surface area contributed by atoms with Crippen LogP contribution in [0.1, 0.15) is 56.9 Å². The van der Waals surface area contributed by atoms with Gasteiger partial charge >= 0.3 is 0 Å². The minimum atomic E-state index is -1.19. The Hall–Kier alpha value is -2.94. The van der Waals surface area contributed by atoms with Crippen molar-refractivity contribution in [3.63, 3.8) is 0 Å². The Kier molecular flexibility index (Phi) is 6.43. The second-order valence-electron chi connectivity index (χ2n) is 9.81. The minimum absolute atomic E-state index is 0.0208. The molecule has 1 aromatic carbocycles. The molecule has 3 aromatic rings. The van der Waals surface area contributed by atoms with E-state index in [1.54, 1.807) is 19.2 Å². The van der Waals surface area contributed by atoms with Crippen LogP contribution in [0.2, 0.25) is 0 Å². The summed E-state index contributed by atoms with van der Waals surface area (Å²) in [5.74, 6) is -2.95.